The van der Waals surface area contributed by atoms with Crippen LogP contribution in [0.25, 0.3) is 10.2 Å². The highest BCUT2D eigenvalue weighted by Crippen LogP contribution is 2.35. The van der Waals surface area contributed by atoms with E-state index in [1.54, 1.807) is 33.5 Å². The summed E-state index contributed by atoms with van der Waals surface area (Å²) >= 11 is 1.50. The summed E-state index contributed by atoms with van der Waals surface area (Å²) in [4.78, 5) is 20.7. The minimum atomic E-state index is -3.61. The van der Waals surface area contributed by atoms with E-state index >= 15 is 0 Å². The third kappa shape index (κ3) is 5.25. The van der Waals surface area contributed by atoms with E-state index in [0.29, 0.717) is 29.7 Å². The van der Waals surface area contributed by atoms with E-state index in [9.17, 15) is 13.2 Å². The number of thiazole rings is 1. The van der Waals surface area contributed by atoms with Crippen LogP contribution in [0, 0.1) is 0 Å². The monoisotopic (exact) mass is 547 g/mol. The highest BCUT2D eigenvalue weighted by Gasteiger charge is 2.31. The zero-order chi connectivity index (χ0) is 26.9. The molecule has 1 aromatic heterocycles. The molecule has 198 valence electrons. The SMILES string of the molecule is CC(C)c1cccc2sc(N(Cc3ccccc3)C(=O)c3ccc(S(=O)(=O)N4CCCCC4C)cc3)nc12. The Morgan fingerprint density at radius 3 is 2.45 bits per heavy atom. The van der Waals surface area contributed by atoms with Crippen molar-refractivity contribution in [1.29, 1.82) is 0 Å². The molecule has 1 amide bonds. The molecule has 1 saturated heterocycles. The minimum absolute atomic E-state index is 0.0220. The smallest absolute Gasteiger partial charge is 0.260 e. The predicted molar refractivity (Wildman–Crippen MR) is 154 cm³/mol. The molecule has 1 unspecified atom stereocenters. The fourth-order valence-corrected chi connectivity index (χ4v) is 7.72. The topological polar surface area (TPSA) is 70.6 Å². The highest BCUT2D eigenvalue weighted by atomic mass is 32.2. The second kappa shape index (κ2) is 11.0. The van der Waals surface area contributed by atoms with Gasteiger partial charge in [-0.25, -0.2) is 13.4 Å². The zero-order valence-corrected chi connectivity index (χ0v) is 23.6. The zero-order valence-electron chi connectivity index (χ0n) is 22.0. The molecule has 38 heavy (non-hydrogen) atoms. The van der Waals surface area contributed by atoms with Crippen LogP contribution in [0.15, 0.2) is 77.7 Å². The Hall–Kier alpha value is -3.07. The van der Waals surface area contributed by atoms with Crippen LogP contribution in [0.2, 0.25) is 0 Å². The van der Waals surface area contributed by atoms with Gasteiger partial charge in [-0.1, -0.05) is 74.1 Å². The maximum absolute atomic E-state index is 13.9. The molecule has 1 atom stereocenters. The Morgan fingerprint density at radius 2 is 1.76 bits per heavy atom. The van der Waals surface area contributed by atoms with Crippen LogP contribution in [0.3, 0.4) is 0 Å². The third-order valence-corrected chi connectivity index (χ3v) is 10.2. The van der Waals surface area contributed by atoms with Crippen LogP contribution in [0.4, 0.5) is 5.13 Å². The molecule has 5 rings (SSSR count). The molecule has 0 saturated carbocycles. The first-order valence-corrected chi connectivity index (χ1v) is 15.4. The number of piperidine rings is 1. The lowest BCUT2D eigenvalue weighted by atomic mass is 10.0. The number of sulfonamides is 1. The first kappa shape index (κ1) is 26.5. The van der Waals surface area contributed by atoms with Gasteiger partial charge in [-0.3, -0.25) is 9.69 Å². The van der Waals surface area contributed by atoms with Gasteiger partial charge in [0.1, 0.15) is 0 Å². The molecule has 1 aliphatic rings. The Balaban J connectivity index is 1.49. The fraction of sp³-hybridized carbons (Fsp3) is 0.333. The van der Waals surface area contributed by atoms with E-state index in [4.69, 9.17) is 4.98 Å². The molecule has 8 heteroatoms. The highest BCUT2D eigenvalue weighted by molar-refractivity contribution is 7.89. The van der Waals surface area contributed by atoms with Crippen molar-refractivity contribution in [3.05, 3.63) is 89.5 Å². The van der Waals surface area contributed by atoms with Gasteiger partial charge in [0, 0.05) is 18.2 Å². The Labute approximate surface area is 229 Å². The molecule has 4 aromatic rings. The van der Waals surface area contributed by atoms with Crippen LogP contribution in [0.1, 0.15) is 67.4 Å². The Bertz CT molecular complexity index is 1530. The number of hydrogen-bond acceptors (Lipinski definition) is 5. The molecule has 2 heterocycles. The van der Waals surface area contributed by atoms with Crippen molar-refractivity contribution in [2.75, 3.05) is 11.4 Å². The third-order valence-electron chi connectivity index (χ3n) is 7.17. The maximum atomic E-state index is 13.9. The van der Waals surface area contributed by atoms with E-state index < -0.39 is 10.0 Å². The first-order valence-electron chi connectivity index (χ1n) is 13.1. The van der Waals surface area contributed by atoms with E-state index in [2.05, 4.69) is 19.9 Å². The summed E-state index contributed by atoms with van der Waals surface area (Å²) < 4.78 is 29.2. The molecule has 1 fully saturated rings. The fourth-order valence-electron chi connectivity index (χ4n) is 5.02. The number of amides is 1. The standard InChI is InChI=1S/C30H33N3O3S2/c1-21(2)26-13-9-14-27-28(26)31-30(37-27)32(20-23-11-5-4-6-12-23)29(34)24-15-17-25(18-16-24)38(35,36)33-19-8-7-10-22(33)3/h4-6,9,11-18,21-22H,7-8,10,19-20H2,1-3H3. The number of anilines is 1. The number of carbonyl (C=O) groups excluding carboxylic acids is 1. The van der Waals surface area contributed by atoms with Crippen molar-refractivity contribution < 1.29 is 13.2 Å². The van der Waals surface area contributed by atoms with Crippen molar-refractivity contribution in [1.82, 2.24) is 9.29 Å². The number of benzene rings is 3. The lowest BCUT2D eigenvalue weighted by molar-refractivity contribution is 0.0985. The summed E-state index contributed by atoms with van der Waals surface area (Å²) in [6, 6.07) is 22.3. The number of para-hydroxylation sites is 1. The van der Waals surface area contributed by atoms with Gasteiger partial charge in [0.15, 0.2) is 5.13 Å². The average molecular weight is 548 g/mol. The largest absolute Gasteiger partial charge is 0.279 e. The maximum Gasteiger partial charge on any atom is 0.260 e. The van der Waals surface area contributed by atoms with Crippen LogP contribution >= 0.6 is 11.3 Å². The van der Waals surface area contributed by atoms with Crippen LogP contribution < -0.4 is 4.90 Å². The van der Waals surface area contributed by atoms with Crippen molar-refractivity contribution in [3.63, 3.8) is 0 Å². The lowest BCUT2D eigenvalue weighted by Crippen LogP contribution is -2.41. The number of rotatable bonds is 7. The lowest BCUT2D eigenvalue weighted by Gasteiger charge is -2.32. The molecule has 0 spiro atoms. The van der Waals surface area contributed by atoms with Crippen molar-refractivity contribution in [3.8, 4) is 0 Å². The second-order valence-electron chi connectivity index (χ2n) is 10.2. The second-order valence-corrected chi connectivity index (χ2v) is 13.1. The van der Waals surface area contributed by atoms with Crippen molar-refractivity contribution in [2.24, 2.45) is 0 Å². The van der Waals surface area contributed by atoms with Crippen molar-refractivity contribution in [2.45, 2.75) is 63.4 Å². The molecule has 0 N–H and O–H groups in total. The van der Waals surface area contributed by atoms with Crippen LogP contribution in [0.5, 0.6) is 0 Å². The van der Waals surface area contributed by atoms with Crippen LogP contribution in [-0.2, 0) is 16.6 Å². The first-order chi connectivity index (χ1) is 18.3. The summed E-state index contributed by atoms with van der Waals surface area (Å²) in [5, 5.41) is 0.626. The van der Waals surface area contributed by atoms with Gasteiger partial charge in [0.05, 0.1) is 21.7 Å². The predicted octanol–water partition coefficient (Wildman–Crippen LogP) is 6.83. The van der Waals surface area contributed by atoms with E-state index in [1.165, 1.54) is 11.3 Å². The quantitative estimate of drug-likeness (QED) is 0.254. The molecule has 0 aliphatic carbocycles. The molecule has 1 aliphatic heterocycles. The number of hydrogen-bond donors (Lipinski definition) is 0. The average Bonchev–Trinajstić information content (AvgIpc) is 3.36. The number of nitrogens with zero attached hydrogens (tertiary/aromatic N) is 3. The molecular formula is C30H33N3O3S2. The number of carbonyl (C=O) groups is 1. The van der Waals surface area contributed by atoms with E-state index in [-0.39, 0.29) is 16.8 Å². The van der Waals surface area contributed by atoms with E-state index in [1.807, 2.05) is 49.4 Å². The minimum Gasteiger partial charge on any atom is -0.279 e. The van der Waals surface area contributed by atoms with Gasteiger partial charge in [-0.2, -0.15) is 4.31 Å². The van der Waals surface area contributed by atoms with Gasteiger partial charge >= 0.3 is 0 Å². The van der Waals surface area contributed by atoms with Gasteiger partial charge in [-0.15, -0.1) is 0 Å². The molecule has 0 bridgehead atoms. The van der Waals surface area contributed by atoms with Crippen LogP contribution in [-0.4, -0.2) is 36.2 Å². The normalized spacial score (nSPS) is 16.7. The Morgan fingerprint density at radius 1 is 1.03 bits per heavy atom. The molecule has 6 nitrogen and oxygen atoms in total. The summed E-state index contributed by atoms with van der Waals surface area (Å²) in [6.07, 6.45) is 2.78. The van der Waals surface area contributed by atoms with Gasteiger partial charge in [0.2, 0.25) is 10.0 Å². The summed E-state index contributed by atoms with van der Waals surface area (Å²) in [7, 11) is -3.61. The van der Waals surface area contributed by atoms with Gasteiger partial charge in [-0.05, 0) is 67.1 Å². The molecular weight excluding hydrogens is 514 g/mol. The molecule has 0 radical (unpaired) electrons. The molecule has 3 aromatic carbocycles. The Kier molecular flexibility index (Phi) is 7.66. The van der Waals surface area contributed by atoms with Gasteiger partial charge in [0.25, 0.3) is 5.91 Å². The van der Waals surface area contributed by atoms with Crippen molar-refractivity contribution >= 4 is 42.6 Å². The summed E-state index contributed by atoms with van der Waals surface area (Å²) in [5.74, 6) is 0.0957. The number of aromatic nitrogens is 1. The van der Waals surface area contributed by atoms with Gasteiger partial charge < -0.3 is 0 Å². The summed E-state index contributed by atoms with van der Waals surface area (Å²) in [5.41, 5.74) is 3.49. The summed E-state index contributed by atoms with van der Waals surface area (Å²) in [6.45, 7) is 7.13. The van der Waals surface area contributed by atoms with E-state index in [0.717, 1.165) is 40.6 Å². The number of fused-ring (bicyclic) bond motifs is 1.